The zero-order chi connectivity index (χ0) is 7.68. The van der Waals surface area contributed by atoms with E-state index in [1.54, 1.807) is 0 Å². The monoisotopic (exact) mass is 212 g/mol. The maximum absolute atomic E-state index is 4.07. The minimum atomic E-state index is 0.918. The number of halogens is 1. The largest absolute Gasteiger partial charge is 0.371 e. The molecule has 2 rings (SSSR count). The second-order valence-corrected chi connectivity index (χ2v) is 3.49. The number of pyridine rings is 1. The van der Waals surface area contributed by atoms with Crippen LogP contribution >= 0.6 is 15.9 Å². The summed E-state index contributed by atoms with van der Waals surface area (Å²) in [5, 5.41) is 0. The first-order chi connectivity index (χ1) is 5.36. The standard InChI is InChI=1S/C8H9BrN2/c9-8-6-7(2-3-10-8)11-4-1-5-11/h2-3,6H,1,4-5H2. The number of hydrogen-bond donors (Lipinski definition) is 0. The Balaban J connectivity index is 2.23. The molecule has 11 heavy (non-hydrogen) atoms. The van der Waals surface area contributed by atoms with Gasteiger partial charge in [-0.05, 0) is 34.5 Å². The molecule has 0 unspecified atom stereocenters. The van der Waals surface area contributed by atoms with Crippen LogP contribution in [0, 0.1) is 0 Å². The third-order valence-corrected chi connectivity index (χ3v) is 2.37. The molecule has 2 heterocycles. The molecule has 1 aromatic heterocycles. The zero-order valence-electron chi connectivity index (χ0n) is 6.13. The van der Waals surface area contributed by atoms with Gasteiger partial charge >= 0.3 is 0 Å². The summed E-state index contributed by atoms with van der Waals surface area (Å²) in [6, 6.07) is 4.10. The van der Waals surface area contributed by atoms with Crippen LogP contribution in [0.4, 0.5) is 5.69 Å². The first kappa shape index (κ1) is 7.10. The molecule has 1 aliphatic rings. The van der Waals surface area contributed by atoms with E-state index in [-0.39, 0.29) is 0 Å². The maximum Gasteiger partial charge on any atom is 0.108 e. The highest BCUT2D eigenvalue weighted by atomic mass is 79.9. The van der Waals surface area contributed by atoms with Crippen LogP contribution < -0.4 is 4.90 Å². The van der Waals surface area contributed by atoms with Gasteiger partial charge in [-0.15, -0.1) is 0 Å². The Bertz CT molecular complexity index is 258. The second kappa shape index (κ2) is 2.81. The lowest BCUT2D eigenvalue weighted by Crippen LogP contribution is -2.36. The summed E-state index contributed by atoms with van der Waals surface area (Å²) in [6.07, 6.45) is 3.15. The predicted molar refractivity (Wildman–Crippen MR) is 48.8 cm³/mol. The summed E-state index contributed by atoms with van der Waals surface area (Å²) in [4.78, 5) is 6.41. The van der Waals surface area contributed by atoms with E-state index in [2.05, 4.69) is 31.9 Å². The summed E-state index contributed by atoms with van der Waals surface area (Å²) in [5.74, 6) is 0. The van der Waals surface area contributed by atoms with Crippen LogP contribution in [0.5, 0.6) is 0 Å². The summed E-state index contributed by atoms with van der Waals surface area (Å²) < 4.78 is 0.918. The molecule has 1 aromatic rings. The fraction of sp³-hybridized carbons (Fsp3) is 0.375. The highest BCUT2D eigenvalue weighted by Crippen LogP contribution is 2.21. The predicted octanol–water partition coefficient (Wildman–Crippen LogP) is 2.05. The van der Waals surface area contributed by atoms with E-state index < -0.39 is 0 Å². The molecule has 0 amide bonds. The third kappa shape index (κ3) is 1.38. The first-order valence-electron chi connectivity index (χ1n) is 3.73. The maximum atomic E-state index is 4.07. The molecular weight excluding hydrogens is 204 g/mol. The summed E-state index contributed by atoms with van der Waals surface area (Å²) >= 11 is 3.35. The molecule has 0 saturated carbocycles. The molecule has 58 valence electrons. The highest BCUT2D eigenvalue weighted by molar-refractivity contribution is 9.10. The fourth-order valence-corrected chi connectivity index (χ4v) is 1.52. The SMILES string of the molecule is Brc1cc(N2CCC2)ccn1. The van der Waals surface area contributed by atoms with Crippen LogP contribution in [-0.4, -0.2) is 18.1 Å². The molecule has 1 aliphatic heterocycles. The topological polar surface area (TPSA) is 16.1 Å². The Kier molecular flexibility index (Phi) is 1.82. The van der Waals surface area contributed by atoms with Crippen LogP contribution in [0.3, 0.4) is 0 Å². The summed E-state index contributed by atoms with van der Waals surface area (Å²) in [5.41, 5.74) is 1.28. The Morgan fingerprint density at radius 3 is 2.82 bits per heavy atom. The molecule has 0 atom stereocenters. The van der Waals surface area contributed by atoms with E-state index in [0.29, 0.717) is 0 Å². The first-order valence-corrected chi connectivity index (χ1v) is 4.52. The van der Waals surface area contributed by atoms with Crippen molar-refractivity contribution in [3.63, 3.8) is 0 Å². The lowest BCUT2D eigenvalue weighted by atomic mass is 10.2. The summed E-state index contributed by atoms with van der Waals surface area (Å²) in [6.45, 7) is 2.38. The normalized spacial score (nSPS) is 16.3. The van der Waals surface area contributed by atoms with Gasteiger partial charge in [-0.1, -0.05) is 0 Å². The zero-order valence-corrected chi connectivity index (χ0v) is 7.71. The summed E-state index contributed by atoms with van der Waals surface area (Å²) in [7, 11) is 0. The van der Waals surface area contributed by atoms with Crippen molar-refractivity contribution < 1.29 is 0 Å². The average Bonchev–Trinajstić information content (AvgIpc) is 1.83. The van der Waals surface area contributed by atoms with Crippen molar-refractivity contribution in [2.24, 2.45) is 0 Å². The quantitative estimate of drug-likeness (QED) is 0.663. The van der Waals surface area contributed by atoms with E-state index in [9.17, 15) is 0 Å². The van der Waals surface area contributed by atoms with Crippen molar-refractivity contribution in [1.82, 2.24) is 4.98 Å². The lowest BCUT2D eigenvalue weighted by Gasteiger charge is -2.33. The van der Waals surface area contributed by atoms with E-state index in [4.69, 9.17) is 0 Å². The van der Waals surface area contributed by atoms with Crippen molar-refractivity contribution in [1.29, 1.82) is 0 Å². The van der Waals surface area contributed by atoms with Crippen LogP contribution in [-0.2, 0) is 0 Å². The number of aromatic nitrogens is 1. The fourth-order valence-electron chi connectivity index (χ4n) is 1.16. The third-order valence-electron chi connectivity index (χ3n) is 1.93. The molecule has 0 N–H and O–H groups in total. The van der Waals surface area contributed by atoms with Gasteiger partial charge in [0.05, 0.1) is 0 Å². The van der Waals surface area contributed by atoms with Crippen LogP contribution in [0.1, 0.15) is 6.42 Å². The van der Waals surface area contributed by atoms with Gasteiger partial charge in [0.1, 0.15) is 4.60 Å². The van der Waals surface area contributed by atoms with Gasteiger partial charge in [-0.25, -0.2) is 4.98 Å². The van der Waals surface area contributed by atoms with Gasteiger partial charge in [0.2, 0.25) is 0 Å². The smallest absolute Gasteiger partial charge is 0.108 e. The Morgan fingerprint density at radius 1 is 1.45 bits per heavy atom. The minimum absolute atomic E-state index is 0.918. The number of hydrogen-bond acceptors (Lipinski definition) is 2. The molecule has 0 radical (unpaired) electrons. The van der Waals surface area contributed by atoms with Crippen molar-refractivity contribution in [3.8, 4) is 0 Å². The van der Waals surface area contributed by atoms with Crippen molar-refractivity contribution in [2.75, 3.05) is 18.0 Å². The van der Waals surface area contributed by atoms with Crippen molar-refractivity contribution >= 4 is 21.6 Å². The second-order valence-electron chi connectivity index (χ2n) is 2.68. The van der Waals surface area contributed by atoms with E-state index in [1.165, 1.54) is 25.2 Å². The molecule has 2 nitrogen and oxygen atoms in total. The molecule has 3 heteroatoms. The van der Waals surface area contributed by atoms with Crippen molar-refractivity contribution in [3.05, 3.63) is 22.9 Å². The van der Waals surface area contributed by atoms with Crippen LogP contribution in [0.2, 0.25) is 0 Å². The molecule has 0 aliphatic carbocycles. The number of nitrogens with zero attached hydrogens (tertiary/aromatic N) is 2. The highest BCUT2D eigenvalue weighted by Gasteiger charge is 2.13. The lowest BCUT2D eigenvalue weighted by molar-refractivity contribution is 0.617. The number of anilines is 1. The molecule has 0 bridgehead atoms. The van der Waals surface area contributed by atoms with E-state index >= 15 is 0 Å². The van der Waals surface area contributed by atoms with Crippen LogP contribution in [0.15, 0.2) is 22.9 Å². The van der Waals surface area contributed by atoms with Crippen LogP contribution in [0.25, 0.3) is 0 Å². The molecule has 1 fully saturated rings. The van der Waals surface area contributed by atoms with Crippen molar-refractivity contribution in [2.45, 2.75) is 6.42 Å². The van der Waals surface area contributed by atoms with E-state index in [1.807, 2.05) is 12.3 Å². The Morgan fingerprint density at radius 2 is 2.27 bits per heavy atom. The minimum Gasteiger partial charge on any atom is -0.371 e. The van der Waals surface area contributed by atoms with Gasteiger partial charge in [-0.3, -0.25) is 0 Å². The van der Waals surface area contributed by atoms with Gasteiger partial charge in [0.15, 0.2) is 0 Å². The van der Waals surface area contributed by atoms with Gasteiger partial charge in [-0.2, -0.15) is 0 Å². The molecule has 1 saturated heterocycles. The molecule has 0 aromatic carbocycles. The van der Waals surface area contributed by atoms with Gasteiger partial charge in [0, 0.05) is 25.0 Å². The van der Waals surface area contributed by atoms with Gasteiger partial charge < -0.3 is 4.90 Å². The average molecular weight is 213 g/mol. The Labute approximate surface area is 74.4 Å². The van der Waals surface area contributed by atoms with Gasteiger partial charge in [0.25, 0.3) is 0 Å². The Hall–Kier alpha value is -0.570. The molecule has 0 spiro atoms. The van der Waals surface area contributed by atoms with E-state index in [0.717, 1.165) is 4.60 Å². The number of rotatable bonds is 1. The molecular formula is C8H9BrN2.